The largest absolute Gasteiger partial charge is 0.454 e. The monoisotopic (exact) mass is 354 g/mol. The first-order chi connectivity index (χ1) is 11.1. The Morgan fingerprint density at radius 1 is 1.21 bits per heavy atom. The molecule has 0 bridgehead atoms. The summed E-state index contributed by atoms with van der Waals surface area (Å²) < 4.78 is 10.8. The molecule has 0 radical (unpaired) electrons. The summed E-state index contributed by atoms with van der Waals surface area (Å²) in [5, 5.41) is 3.15. The lowest BCUT2D eigenvalue weighted by Gasteiger charge is -2.27. The number of amides is 1. The third-order valence-electron chi connectivity index (χ3n) is 4.85. The summed E-state index contributed by atoms with van der Waals surface area (Å²) in [5.74, 6) is 1.98. The Morgan fingerprint density at radius 2 is 1.92 bits per heavy atom. The number of ether oxygens (including phenoxy) is 2. The van der Waals surface area contributed by atoms with Crippen LogP contribution in [0.5, 0.6) is 11.5 Å². The second kappa shape index (κ2) is 8.58. The molecule has 1 fully saturated rings. The van der Waals surface area contributed by atoms with Crippen LogP contribution in [0.15, 0.2) is 18.2 Å². The molecule has 1 heterocycles. The molecule has 1 saturated carbocycles. The van der Waals surface area contributed by atoms with Gasteiger partial charge >= 0.3 is 0 Å². The van der Waals surface area contributed by atoms with Crippen LogP contribution in [0.2, 0.25) is 0 Å². The Labute approximate surface area is 150 Å². The van der Waals surface area contributed by atoms with Crippen LogP contribution in [-0.2, 0) is 4.79 Å². The van der Waals surface area contributed by atoms with Gasteiger partial charge in [0.05, 0.1) is 6.04 Å². The predicted molar refractivity (Wildman–Crippen MR) is 95.8 cm³/mol. The number of likely N-dealkylation sites (N-methyl/N-ethyl adjacent to an activating group) is 1. The van der Waals surface area contributed by atoms with Gasteiger partial charge in [-0.05, 0) is 44.6 Å². The molecule has 0 saturated heterocycles. The fourth-order valence-corrected chi connectivity index (χ4v) is 3.43. The highest BCUT2D eigenvalue weighted by Gasteiger charge is 2.24. The van der Waals surface area contributed by atoms with Gasteiger partial charge in [-0.25, -0.2) is 0 Å². The molecule has 0 aromatic heterocycles. The summed E-state index contributed by atoms with van der Waals surface area (Å²) in [4.78, 5) is 14.5. The summed E-state index contributed by atoms with van der Waals surface area (Å²) in [6, 6.07) is 6.12. The normalized spacial score (nSPS) is 18.1. The van der Waals surface area contributed by atoms with Crippen molar-refractivity contribution >= 4 is 18.3 Å². The van der Waals surface area contributed by atoms with E-state index in [9.17, 15) is 4.79 Å². The summed E-state index contributed by atoms with van der Waals surface area (Å²) in [6.45, 7) is 0.895. The van der Waals surface area contributed by atoms with Gasteiger partial charge in [0.1, 0.15) is 0 Å². The molecular weight excluding hydrogens is 328 g/mol. The molecule has 134 valence electrons. The van der Waals surface area contributed by atoms with E-state index in [4.69, 9.17) is 9.47 Å². The molecular formula is C18H27ClN2O3. The highest BCUT2D eigenvalue weighted by Crippen LogP contribution is 2.35. The Hall–Kier alpha value is -1.46. The summed E-state index contributed by atoms with van der Waals surface area (Å²) in [7, 11) is 4.06. The highest BCUT2D eigenvalue weighted by atomic mass is 35.5. The van der Waals surface area contributed by atoms with Crippen LogP contribution in [-0.4, -0.2) is 38.2 Å². The van der Waals surface area contributed by atoms with E-state index >= 15 is 0 Å². The van der Waals surface area contributed by atoms with Gasteiger partial charge in [-0.15, -0.1) is 12.4 Å². The van der Waals surface area contributed by atoms with Crippen molar-refractivity contribution in [1.29, 1.82) is 0 Å². The van der Waals surface area contributed by atoms with Gasteiger partial charge in [0.15, 0.2) is 11.5 Å². The Kier molecular flexibility index (Phi) is 6.75. The number of hydrogen-bond acceptors (Lipinski definition) is 4. The zero-order chi connectivity index (χ0) is 16.2. The Balaban J connectivity index is 0.00000208. The zero-order valence-electron chi connectivity index (χ0n) is 14.4. The first-order valence-electron chi connectivity index (χ1n) is 8.49. The van der Waals surface area contributed by atoms with Crippen LogP contribution in [0.3, 0.4) is 0 Å². The maximum absolute atomic E-state index is 12.4. The standard InChI is InChI=1S/C18H26N2O3.ClH/c1-20(2)15(11-19-18(21)13-6-4-3-5-7-13)14-8-9-16-17(10-14)23-12-22-16;/h8-10,13,15H,3-7,11-12H2,1-2H3,(H,19,21);1H. The maximum Gasteiger partial charge on any atom is 0.231 e. The number of rotatable bonds is 5. The summed E-state index contributed by atoms with van der Waals surface area (Å²) in [5.41, 5.74) is 1.13. The van der Waals surface area contributed by atoms with Crippen LogP contribution in [0, 0.1) is 5.92 Å². The topological polar surface area (TPSA) is 50.8 Å². The number of carbonyl (C=O) groups excluding carboxylic acids is 1. The lowest BCUT2D eigenvalue weighted by Crippen LogP contribution is -2.38. The van der Waals surface area contributed by atoms with Crippen molar-refractivity contribution in [2.45, 2.75) is 38.1 Å². The van der Waals surface area contributed by atoms with Crippen molar-refractivity contribution in [2.24, 2.45) is 5.92 Å². The molecule has 1 N–H and O–H groups in total. The summed E-state index contributed by atoms with van der Waals surface area (Å²) >= 11 is 0. The second-order valence-corrected chi connectivity index (χ2v) is 6.67. The number of hydrogen-bond donors (Lipinski definition) is 1. The first-order valence-corrected chi connectivity index (χ1v) is 8.49. The van der Waals surface area contributed by atoms with E-state index in [0.717, 1.165) is 29.9 Å². The molecule has 1 amide bonds. The molecule has 24 heavy (non-hydrogen) atoms. The smallest absolute Gasteiger partial charge is 0.231 e. The quantitative estimate of drug-likeness (QED) is 0.882. The minimum atomic E-state index is 0. The van der Waals surface area contributed by atoms with E-state index in [1.165, 1.54) is 19.3 Å². The fraction of sp³-hybridized carbons (Fsp3) is 0.611. The van der Waals surface area contributed by atoms with Gasteiger partial charge in [0, 0.05) is 12.5 Å². The summed E-state index contributed by atoms with van der Waals surface area (Å²) in [6.07, 6.45) is 5.68. The van der Waals surface area contributed by atoms with Crippen molar-refractivity contribution in [3.63, 3.8) is 0 Å². The molecule has 1 aliphatic carbocycles. The Morgan fingerprint density at radius 3 is 2.62 bits per heavy atom. The lowest BCUT2D eigenvalue weighted by atomic mass is 9.88. The van der Waals surface area contributed by atoms with E-state index in [1.54, 1.807) is 0 Å². The van der Waals surface area contributed by atoms with Crippen molar-refractivity contribution in [3.8, 4) is 11.5 Å². The third-order valence-corrected chi connectivity index (χ3v) is 4.85. The Bertz CT molecular complexity index is 559. The molecule has 1 aliphatic heterocycles. The minimum absolute atomic E-state index is 0. The van der Waals surface area contributed by atoms with Crippen LogP contribution in [0.4, 0.5) is 0 Å². The average Bonchev–Trinajstić information content (AvgIpc) is 3.03. The maximum atomic E-state index is 12.4. The molecule has 0 spiro atoms. The van der Waals surface area contributed by atoms with Crippen LogP contribution >= 0.6 is 12.4 Å². The van der Waals surface area contributed by atoms with E-state index in [-0.39, 0.29) is 37.1 Å². The number of nitrogens with zero attached hydrogens (tertiary/aromatic N) is 1. The molecule has 6 heteroatoms. The SMILES string of the molecule is CN(C)C(CNC(=O)C1CCCCC1)c1ccc2c(c1)OCO2.Cl. The fourth-order valence-electron chi connectivity index (χ4n) is 3.43. The van der Waals surface area contributed by atoms with E-state index in [2.05, 4.69) is 10.2 Å². The van der Waals surface area contributed by atoms with Crippen molar-refractivity contribution in [2.75, 3.05) is 27.4 Å². The van der Waals surface area contributed by atoms with Gasteiger partial charge in [-0.2, -0.15) is 0 Å². The van der Waals surface area contributed by atoms with E-state index < -0.39 is 0 Å². The molecule has 1 atom stereocenters. The minimum Gasteiger partial charge on any atom is -0.454 e. The number of benzene rings is 1. The molecule has 5 nitrogen and oxygen atoms in total. The number of fused-ring (bicyclic) bond motifs is 1. The highest BCUT2D eigenvalue weighted by molar-refractivity contribution is 5.85. The first kappa shape index (κ1) is 18.9. The van der Waals surface area contributed by atoms with Gasteiger partial charge in [-0.3, -0.25) is 4.79 Å². The molecule has 1 unspecified atom stereocenters. The third kappa shape index (κ3) is 4.33. The van der Waals surface area contributed by atoms with Crippen molar-refractivity contribution < 1.29 is 14.3 Å². The van der Waals surface area contributed by atoms with Crippen molar-refractivity contribution in [1.82, 2.24) is 10.2 Å². The van der Waals surface area contributed by atoms with Crippen molar-refractivity contribution in [3.05, 3.63) is 23.8 Å². The molecule has 3 rings (SSSR count). The molecule has 1 aromatic rings. The van der Waals surface area contributed by atoms with Gasteiger partial charge in [-0.1, -0.05) is 25.3 Å². The van der Waals surface area contributed by atoms with E-state index in [0.29, 0.717) is 6.54 Å². The van der Waals surface area contributed by atoms with Crippen LogP contribution in [0.25, 0.3) is 0 Å². The number of halogens is 1. The van der Waals surface area contributed by atoms with E-state index in [1.807, 2.05) is 32.3 Å². The van der Waals surface area contributed by atoms with Gasteiger partial charge < -0.3 is 19.7 Å². The lowest BCUT2D eigenvalue weighted by molar-refractivity contribution is -0.126. The number of carbonyl (C=O) groups is 1. The van der Waals surface area contributed by atoms with Crippen LogP contribution < -0.4 is 14.8 Å². The van der Waals surface area contributed by atoms with Gasteiger partial charge in [0.2, 0.25) is 12.7 Å². The van der Waals surface area contributed by atoms with Gasteiger partial charge in [0.25, 0.3) is 0 Å². The van der Waals surface area contributed by atoms with Crippen LogP contribution in [0.1, 0.15) is 43.7 Å². The molecule has 2 aliphatic rings. The zero-order valence-corrected chi connectivity index (χ0v) is 15.2. The predicted octanol–water partition coefficient (Wildman–Crippen LogP) is 3.14. The average molecular weight is 355 g/mol. The number of nitrogens with one attached hydrogen (secondary N) is 1. The second-order valence-electron chi connectivity index (χ2n) is 6.67. The molecule has 1 aromatic carbocycles.